The second-order valence-corrected chi connectivity index (χ2v) is 5.31. The molecule has 1 aliphatic heterocycles. The first-order valence-corrected chi connectivity index (χ1v) is 6.28. The van der Waals surface area contributed by atoms with Crippen LogP contribution in [0.3, 0.4) is 0 Å². The van der Waals surface area contributed by atoms with Gasteiger partial charge in [0.1, 0.15) is 0 Å². The van der Waals surface area contributed by atoms with Crippen molar-refractivity contribution in [3.8, 4) is 0 Å². The van der Waals surface area contributed by atoms with E-state index in [4.69, 9.17) is 9.88 Å². The van der Waals surface area contributed by atoms with Crippen LogP contribution in [0.2, 0.25) is 0 Å². The van der Waals surface area contributed by atoms with Gasteiger partial charge in [-0.25, -0.2) is 13.6 Å². The topological polar surface area (TPSA) is 95.7 Å². The molecule has 0 bridgehead atoms. The third-order valence-corrected chi connectivity index (χ3v) is 3.50. The summed E-state index contributed by atoms with van der Waals surface area (Å²) < 4.78 is 31.8. The Kier molecular flexibility index (Phi) is 3.69. The van der Waals surface area contributed by atoms with Crippen LogP contribution in [-0.4, -0.2) is 40.5 Å². The summed E-state index contributed by atoms with van der Waals surface area (Å²) in [4.78, 5) is 11.6. The molecule has 88 valence electrons. The molecule has 1 aliphatic rings. The Morgan fingerprint density at radius 3 is 2.40 bits per heavy atom. The second-order valence-electron chi connectivity index (χ2n) is 3.69. The van der Waals surface area contributed by atoms with Gasteiger partial charge < -0.3 is 9.47 Å². The molecular weight excluding hydrogens is 222 g/mol. The number of methoxy groups -OCH3 is 1. The molecule has 7 heteroatoms. The Balaban J connectivity index is 2.90. The Morgan fingerprint density at radius 1 is 1.47 bits per heavy atom. The minimum atomic E-state index is -3.69. The number of ether oxygens (including phenoxy) is 2. The van der Waals surface area contributed by atoms with Crippen LogP contribution < -0.4 is 5.14 Å². The second kappa shape index (κ2) is 4.46. The number of primary sulfonamides is 1. The third-order valence-electron chi connectivity index (χ3n) is 2.55. The van der Waals surface area contributed by atoms with Crippen LogP contribution in [0.25, 0.3) is 0 Å². The molecule has 15 heavy (non-hydrogen) atoms. The molecule has 1 fully saturated rings. The number of hydrogen-bond acceptors (Lipinski definition) is 5. The molecular formula is C8H15NO5S. The van der Waals surface area contributed by atoms with E-state index in [0.29, 0.717) is 26.1 Å². The summed E-state index contributed by atoms with van der Waals surface area (Å²) in [6.45, 7) is 0.704. The van der Waals surface area contributed by atoms with E-state index in [1.807, 2.05) is 0 Å². The molecule has 0 spiro atoms. The van der Waals surface area contributed by atoms with Gasteiger partial charge in [-0.2, -0.15) is 0 Å². The van der Waals surface area contributed by atoms with Crippen molar-refractivity contribution in [2.75, 3.05) is 26.1 Å². The van der Waals surface area contributed by atoms with Gasteiger partial charge in [-0.3, -0.25) is 4.79 Å². The maximum Gasteiger partial charge on any atom is 0.313 e. The number of nitrogens with two attached hydrogens (primary N) is 1. The van der Waals surface area contributed by atoms with Crippen LogP contribution in [0, 0.1) is 5.41 Å². The highest BCUT2D eigenvalue weighted by Crippen LogP contribution is 2.32. The summed E-state index contributed by atoms with van der Waals surface area (Å²) in [7, 11) is -2.45. The molecule has 0 aromatic carbocycles. The van der Waals surface area contributed by atoms with Gasteiger partial charge in [0.15, 0.2) is 0 Å². The van der Waals surface area contributed by atoms with Crippen LogP contribution in [-0.2, 0) is 24.3 Å². The number of carbonyl (C=O) groups excluding carboxylic acids is 1. The van der Waals surface area contributed by atoms with Gasteiger partial charge in [-0.05, 0) is 12.8 Å². The van der Waals surface area contributed by atoms with E-state index in [1.165, 1.54) is 7.11 Å². The van der Waals surface area contributed by atoms with Gasteiger partial charge in [-0.15, -0.1) is 0 Å². The van der Waals surface area contributed by atoms with Crippen LogP contribution in [0.5, 0.6) is 0 Å². The zero-order valence-corrected chi connectivity index (χ0v) is 9.38. The Hall–Kier alpha value is -0.660. The maximum absolute atomic E-state index is 11.6. The first kappa shape index (κ1) is 12.4. The predicted molar refractivity (Wildman–Crippen MR) is 52.5 cm³/mol. The lowest BCUT2D eigenvalue weighted by molar-refractivity contribution is -0.156. The monoisotopic (exact) mass is 237 g/mol. The minimum absolute atomic E-state index is 0.329. The quantitative estimate of drug-likeness (QED) is 0.651. The number of hydrogen-bond donors (Lipinski definition) is 1. The van der Waals surface area contributed by atoms with Gasteiger partial charge in [0.2, 0.25) is 10.0 Å². The number of carbonyl (C=O) groups is 1. The number of rotatable bonds is 3. The predicted octanol–water partition coefficient (Wildman–Crippen LogP) is -0.755. The zero-order valence-electron chi connectivity index (χ0n) is 8.56. The Morgan fingerprint density at radius 2 is 2.00 bits per heavy atom. The van der Waals surface area contributed by atoms with Crippen molar-refractivity contribution in [1.82, 2.24) is 0 Å². The van der Waals surface area contributed by atoms with Crippen molar-refractivity contribution in [3.63, 3.8) is 0 Å². The zero-order chi connectivity index (χ0) is 11.5. The fourth-order valence-corrected chi connectivity index (χ4v) is 2.95. The highest BCUT2D eigenvalue weighted by molar-refractivity contribution is 7.89. The summed E-state index contributed by atoms with van der Waals surface area (Å²) in [5.41, 5.74) is -1.03. The van der Waals surface area contributed by atoms with Crippen LogP contribution in [0.4, 0.5) is 0 Å². The van der Waals surface area contributed by atoms with Crippen molar-refractivity contribution in [1.29, 1.82) is 0 Å². The molecule has 0 aromatic rings. The summed E-state index contributed by atoms with van der Waals surface area (Å²) in [5.74, 6) is -0.907. The molecule has 0 aliphatic carbocycles. The van der Waals surface area contributed by atoms with Crippen molar-refractivity contribution < 1.29 is 22.7 Å². The average molecular weight is 237 g/mol. The minimum Gasteiger partial charge on any atom is -0.469 e. The molecule has 1 rings (SSSR count). The normalized spacial score (nSPS) is 20.9. The van der Waals surface area contributed by atoms with Gasteiger partial charge in [0.05, 0.1) is 18.3 Å². The van der Waals surface area contributed by atoms with Gasteiger partial charge in [0.25, 0.3) is 0 Å². The van der Waals surface area contributed by atoms with Crippen LogP contribution in [0.1, 0.15) is 12.8 Å². The van der Waals surface area contributed by atoms with E-state index in [1.54, 1.807) is 0 Å². The Bertz CT molecular complexity index is 331. The molecule has 1 heterocycles. The number of sulfonamides is 1. The maximum atomic E-state index is 11.6. The third kappa shape index (κ3) is 3.15. The molecule has 0 radical (unpaired) electrons. The lowest BCUT2D eigenvalue weighted by Crippen LogP contribution is -2.45. The lowest BCUT2D eigenvalue weighted by atomic mass is 9.82. The summed E-state index contributed by atoms with van der Waals surface area (Å²) >= 11 is 0. The molecule has 2 N–H and O–H groups in total. The fraction of sp³-hybridized carbons (Fsp3) is 0.875. The van der Waals surface area contributed by atoms with E-state index in [9.17, 15) is 13.2 Å². The van der Waals surface area contributed by atoms with Crippen molar-refractivity contribution in [2.45, 2.75) is 12.8 Å². The summed E-state index contributed by atoms with van der Waals surface area (Å²) in [6.07, 6.45) is 0.659. The molecule has 6 nitrogen and oxygen atoms in total. The van der Waals surface area contributed by atoms with E-state index >= 15 is 0 Å². The van der Waals surface area contributed by atoms with E-state index in [2.05, 4.69) is 4.74 Å². The first-order chi connectivity index (χ1) is 6.90. The molecule has 0 unspecified atom stereocenters. The highest BCUT2D eigenvalue weighted by atomic mass is 32.2. The van der Waals surface area contributed by atoms with Crippen LogP contribution >= 0.6 is 0 Å². The average Bonchev–Trinajstić information content (AvgIpc) is 2.15. The molecule has 0 aromatic heterocycles. The van der Waals surface area contributed by atoms with Gasteiger partial charge in [0, 0.05) is 13.2 Å². The standard InChI is InChI=1S/C8H15NO5S/c1-13-7(10)8(6-15(9,11)12)2-4-14-5-3-8/h2-6H2,1H3,(H2,9,11,12). The van der Waals surface area contributed by atoms with Gasteiger partial charge >= 0.3 is 5.97 Å². The van der Waals surface area contributed by atoms with E-state index < -0.39 is 21.4 Å². The Labute approximate surface area is 88.8 Å². The molecule has 0 atom stereocenters. The highest BCUT2D eigenvalue weighted by Gasteiger charge is 2.44. The first-order valence-electron chi connectivity index (χ1n) is 4.56. The fourth-order valence-electron chi connectivity index (χ4n) is 1.77. The van der Waals surface area contributed by atoms with Crippen molar-refractivity contribution >= 4 is 16.0 Å². The molecule has 0 saturated carbocycles. The van der Waals surface area contributed by atoms with Gasteiger partial charge in [-0.1, -0.05) is 0 Å². The summed E-state index contributed by atoms with van der Waals surface area (Å²) in [6, 6.07) is 0. The molecule has 0 amide bonds. The van der Waals surface area contributed by atoms with Crippen LogP contribution in [0.15, 0.2) is 0 Å². The van der Waals surface area contributed by atoms with E-state index in [-0.39, 0.29) is 5.75 Å². The smallest absolute Gasteiger partial charge is 0.313 e. The van der Waals surface area contributed by atoms with Crippen molar-refractivity contribution in [3.05, 3.63) is 0 Å². The SMILES string of the molecule is COC(=O)C1(CS(N)(=O)=O)CCOCC1. The molecule has 1 saturated heterocycles. The largest absolute Gasteiger partial charge is 0.469 e. The summed E-state index contributed by atoms with van der Waals surface area (Å²) in [5, 5.41) is 4.97. The van der Waals surface area contributed by atoms with E-state index in [0.717, 1.165) is 0 Å². The number of esters is 1. The van der Waals surface area contributed by atoms with Crippen molar-refractivity contribution in [2.24, 2.45) is 10.6 Å². The lowest BCUT2D eigenvalue weighted by Gasteiger charge is -2.33.